The molecule has 0 saturated carbocycles. The second kappa shape index (κ2) is 11.5. The van der Waals surface area contributed by atoms with Crippen molar-refractivity contribution in [3.05, 3.63) is 181 Å². The van der Waals surface area contributed by atoms with E-state index in [0.717, 1.165) is 40.3 Å². The fourth-order valence-electron chi connectivity index (χ4n) is 7.73. The SMILES string of the molecule is C1=Cc2oc3c(N(c4ccc(-c5ccccc5)cc4)c4ccc(-c5cc6ccc7ccccc7c6c6ccccc56)cc4)cccc3c2CN1. The van der Waals surface area contributed by atoms with Crippen molar-refractivity contribution in [2.75, 3.05) is 4.90 Å². The summed E-state index contributed by atoms with van der Waals surface area (Å²) in [5.74, 6) is 0.914. The molecule has 0 fully saturated rings. The molecule has 0 aliphatic carbocycles. The quantitative estimate of drug-likeness (QED) is 0.190. The molecule has 50 heavy (non-hydrogen) atoms. The molecule has 0 saturated heterocycles. The van der Waals surface area contributed by atoms with E-state index in [2.05, 4.69) is 174 Å². The van der Waals surface area contributed by atoms with E-state index in [1.54, 1.807) is 0 Å². The molecule has 9 aromatic rings. The second-order valence-corrected chi connectivity index (χ2v) is 13.0. The van der Waals surface area contributed by atoms with E-state index in [0.29, 0.717) is 0 Å². The molecule has 236 valence electrons. The van der Waals surface area contributed by atoms with Crippen molar-refractivity contribution < 1.29 is 4.42 Å². The van der Waals surface area contributed by atoms with Gasteiger partial charge in [-0.25, -0.2) is 0 Å². The van der Waals surface area contributed by atoms with E-state index < -0.39 is 0 Å². The largest absolute Gasteiger partial charge is 0.454 e. The molecule has 10 rings (SSSR count). The summed E-state index contributed by atoms with van der Waals surface area (Å²) in [6.45, 7) is 0.748. The fraction of sp³-hybridized carbons (Fsp3) is 0.0213. The van der Waals surface area contributed by atoms with Crippen molar-refractivity contribution in [2.24, 2.45) is 0 Å². The van der Waals surface area contributed by atoms with E-state index in [1.165, 1.54) is 60.1 Å². The molecule has 0 bridgehead atoms. The molecule has 0 unspecified atom stereocenters. The highest BCUT2D eigenvalue weighted by atomic mass is 16.3. The van der Waals surface area contributed by atoms with Crippen LogP contribution in [0.3, 0.4) is 0 Å². The van der Waals surface area contributed by atoms with Crippen LogP contribution in [0.15, 0.2) is 174 Å². The Morgan fingerprint density at radius 3 is 1.94 bits per heavy atom. The Bertz CT molecular complexity index is 2740. The lowest BCUT2D eigenvalue weighted by Gasteiger charge is -2.26. The minimum absolute atomic E-state index is 0.748. The molecule has 2 heterocycles. The van der Waals surface area contributed by atoms with Gasteiger partial charge in [0.05, 0.1) is 5.69 Å². The zero-order valence-corrected chi connectivity index (χ0v) is 27.3. The Morgan fingerprint density at radius 2 is 1.14 bits per heavy atom. The standard InChI is InChI=1S/C47H32N2O/c1-2-9-31(10-3-1)32-19-23-36(24-20-32)49(44-16-8-15-41-43-30-48-28-27-45(43)50-47(41)44)37-25-21-34(22-26-37)42-29-35-18-17-33-11-4-5-12-38(33)46(35)40-14-7-6-13-39(40)42/h1-29,48H,30H2. The molecule has 1 aliphatic rings. The molecule has 1 aromatic heterocycles. The van der Waals surface area contributed by atoms with E-state index >= 15 is 0 Å². The molecule has 1 aliphatic heterocycles. The van der Waals surface area contributed by atoms with E-state index in [1.807, 2.05) is 12.3 Å². The Balaban J connectivity index is 1.13. The summed E-state index contributed by atoms with van der Waals surface area (Å²) in [4.78, 5) is 2.32. The first-order valence-corrected chi connectivity index (χ1v) is 17.1. The lowest BCUT2D eigenvalue weighted by molar-refractivity contribution is 0.592. The number of rotatable bonds is 5. The van der Waals surface area contributed by atoms with Crippen molar-refractivity contribution >= 4 is 66.4 Å². The Hall–Kier alpha value is -6.58. The van der Waals surface area contributed by atoms with Gasteiger partial charge in [-0.3, -0.25) is 0 Å². The maximum Gasteiger partial charge on any atom is 0.159 e. The van der Waals surface area contributed by atoms with Gasteiger partial charge < -0.3 is 14.6 Å². The molecule has 0 atom stereocenters. The smallest absolute Gasteiger partial charge is 0.159 e. The lowest BCUT2D eigenvalue weighted by atomic mass is 9.90. The lowest BCUT2D eigenvalue weighted by Crippen LogP contribution is -2.10. The number of anilines is 3. The van der Waals surface area contributed by atoms with Gasteiger partial charge in [-0.2, -0.15) is 0 Å². The summed E-state index contributed by atoms with van der Waals surface area (Å²) in [6, 6.07) is 59.2. The predicted octanol–water partition coefficient (Wildman–Crippen LogP) is 12.8. The van der Waals surface area contributed by atoms with Gasteiger partial charge in [-0.15, -0.1) is 0 Å². The molecular weight excluding hydrogens is 609 g/mol. The molecule has 0 amide bonds. The fourth-order valence-corrected chi connectivity index (χ4v) is 7.73. The third kappa shape index (κ3) is 4.59. The molecule has 3 nitrogen and oxygen atoms in total. The summed E-state index contributed by atoms with van der Waals surface area (Å²) < 4.78 is 6.58. The summed E-state index contributed by atoms with van der Waals surface area (Å²) in [5.41, 5.74) is 10.0. The van der Waals surface area contributed by atoms with Gasteiger partial charge in [-0.1, -0.05) is 127 Å². The van der Waals surface area contributed by atoms with Crippen LogP contribution >= 0.6 is 0 Å². The number of hydrogen-bond acceptors (Lipinski definition) is 3. The highest BCUT2D eigenvalue weighted by Crippen LogP contribution is 2.44. The van der Waals surface area contributed by atoms with Crippen LogP contribution in [0.2, 0.25) is 0 Å². The minimum atomic E-state index is 0.748. The molecule has 8 aromatic carbocycles. The monoisotopic (exact) mass is 640 g/mol. The van der Waals surface area contributed by atoms with Gasteiger partial charge in [0.15, 0.2) is 5.58 Å². The normalized spacial score (nSPS) is 12.4. The van der Waals surface area contributed by atoms with Crippen LogP contribution in [0.1, 0.15) is 11.3 Å². The third-order valence-corrected chi connectivity index (χ3v) is 10.1. The van der Waals surface area contributed by atoms with Crippen molar-refractivity contribution in [1.29, 1.82) is 0 Å². The van der Waals surface area contributed by atoms with Crippen molar-refractivity contribution in [3.8, 4) is 22.3 Å². The molecule has 1 N–H and O–H groups in total. The van der Waals surface area contributed by atoms with Crippen LogP contribution < -0.4 is 10.2 Å². The van der Waals surface area contributed by atoms with Crippen molar-refractivity contribution in [2.45, 2.75) is 6.54 Å². The number of fused-ring (bicyclic) bond motifs is 8. The number of para-hydroxylation sites is 1. The van der Waals surface area contributed by atoms with Gasteiger partial charge in [0.1, 0.15) is 5.76 Å². The summed E-state index contributed by atoms with van der Waals surface area (Å²) in [7, 11) is 0. The summed E-state index contributed by atoms with van der Waals surface area (Å²) in [5, 5.41) is 12.1. The van der Waals surface area contributed by atoms with Crippen LogP contribution in [0, 0.1) is 0 Å². The van der Waals surface area contributed by atoms with Gasteiger partial charge in [0.25, 0.3) is 0 Å². The van der Waals surface area contributed by atoms with Gasteiger partial charge in [0, 0.05) is 35.1 Å². The summed E-state index contributed by atoms with van der Waals surface area (Å²) in [6.07, 6.45) is 3.98. The second-order valence-electron chi connectivity index (χ2n) is 13.0. The van der Waals surface area contributed by atoms with Crippen LogP contribution in [0.5, 0.6) is 0 Å². The Labute approximate surface area is 290 Å². The van der Waals surface area contributed by atoms with Crippen molar-refractivity contribution in [1.82, 2.24) is 5.32 Å². The number of nitrogens with one attached hydrogen (secondary N) is 1. The predicted molar refractivity (Wildman–Crippen MR) is 210 cm³/mol. The highest BCUT2D eigenvalue weighted by Gasteiger charge is 2.22. The summed E-state index contributed by atoms with van der Waals surface area (Å²) >= 11 is 0. The highest BCUT2D eigenvalue weighted by molar-refractivity contribution is 6.23. The van der Waals surface area contributed by atoms with Crippen LogP contribution in [-0.4, -0.2) is 0 Å². The first kappa shape index (κ1) is 28.4. The number of benzene rings is 8. The average Bonchev–Trinajstić information content (AvgIpc) is 3.58. The van der Waals surface area contributed by atoms with Crippen LogP contribution in [0.4, 0.5) is 17.1 Å². The van der Waals surface area contributed by atoms with Gasteiger partial charge in [-0.05, 0) is 97.0 Å². The molecule has 0 spiro atoms. The Morgan fingerprint density at radius 1 is 0.500 bits per heavy atom. The van der Waals surface area contributed by atoms with Gasteiger partial charge >= 0.3 is 0 Å². The average molecular weight is 641 g/mol. The van der Waals surface area contributed by atoms with Crippen molar-refractivity contribution in [3.63, 3.8) is 0 Å². The zero-order valence-electron chi connectivity index (χ0n) is 27.3. The van der Waals surface area contributed by atoms with Crippen LogP contribution in [-0.2, 0) is 6.54 Å². The molecule has 0 radical (unpaired) electrons. The number of nitrogens with zero attached hydrogens (tertiary/aromatic N) is 1. The van der Waals surface area contributed by atoms with E-state index in [4.69, 9.17) is 4.42 Å². The minimum Gasteiger partial charge on any atom is -0.454 e. The zero-order chi connectivity index (χ0) is 33.0. The molecular formula is C47H32N2O. The Kier molecular flexibility index (Phi) is 6.56. The first-order chi connectivity index (χ1) is 24.8. The maximum atomic E-state index is 6.58. The molecule has 3 heteroatoms. The number of furan rings is 1. The van der Waals surface area contributed by atoms with E-state index in [9.17, 15) is 0 Å². The topological polar surface area (TPSA) is 28.4 Å². The maximum absolute atomic E-state index is 6.58. The first-order valence-electron chi connectivity index (χ1n) is 17.1. The van der Waals surface area contributed by atoms with Crippen LogP contribution in [0.25, 0.3) is 71.6 Å². The van der Waals surface area contributed by atoms with Gasteiger partial charge in [0.2, 0.25) is 0 Å². The van der Waals surface area contributed by atoms with E-state index in [-0.39, 0.29) is 0 Å². The number of hydrogen-bond donors (Lipinski definition) is 1. The third-order valence-electron chi connectivity index (χ3n) is 10.1.